The lowest BCUT2D eigenvalue weighted by Gasteiger charge is -2.32. The van der Waals surface area contributed by atoms with Crippen molar-refractivity contribution in [1.82, 2.24) is 10.6 Å². The molecule has 1 aromatic rings. The van der Waals surface area contributed by atoms with Crippen molar-refractivity contribution >= 4 is 11.7 Å². The maximum atomic E-state index is 11.7. The standard InChI is InChI=1S/C19H31N3O2/c1-3-18(23)8-11-20-19(24)21-14-16-4-6-17(7-5-16)22-12-9-15(2)10-13-22/h4-7,15,18,23H,3,8-14H2,1-2H3,(H2,20,21,24). The number of aliphatic hydroxyl groups is 1. The fourth-order valence-electron chi connectivity index (χ4n) is 2.89. The Bertz CT molecular complexity index is 496. The zero-order chi connectivity index (χ0) is 17.4. The van der Waals surface area contributed by atoms with Gasteiger partial charge in [0.05, 0.1) is 6.10 Å². The van der Waals surface area contributed by atoms with Crippen LogP contribution in [0.2, 0.25) is 0 Å². The number of carbonyl (C=O) groups is 1. The molecule has 1 fully saturated rings. The zero-order valence-electron chi connectivity index (χ0n) is 14.9. The molecule has 0 bridgehead atoms. The molecule has 0 aromatic heterocycles. The van der Waals surface area contributed by atoms with E-state index in [0.717, 1.165) is 24.6 Å². The van der Waals surface area contributed by atoms with Crippen LogP contribution < -0.4 is 15.5 Å². The Morgan fingerprint density at radius 1 is 1.25 bits per heavy atom. The number of benzene rings is 1. The molecule has 1 saturated heterocycles. The second-order valence-electron chi connectivity index (χ2n) is 6.80. The highest BCUT2D eigenvalue weighted by Gasteiger charge is 2.15. The van der Waals surface area contributed by atoms with E-state index in [4.69, 9.17) is 0 Å². The van der Waals surface area contributed by atoms with Crippen LogP contribution in [0.15, 0.2) is 24.3 Å². The van der Waals surface area contributed by atoms with E-state index in [1.807, 2.05) is 6.92 Å². The van der Waals surface area contributed by atoms with Crippen molar-refractivity contribution in [3.05, 3.63) is 29.8 Å². The molecule has 1 aliphatic rings. The Hall–Kier alpha value is -1.75. The first-order valence-electron chi connectivity index (χ1n) is 9.12. The topological polar surface area (TPSA) is 64.6 Å². The second-order valence-corrected chi connectivity index (χ2v) is 6.80. The number of hydrogen-bond donors (Lipinski definition) is 3. The number of piperidine rings is 1. The summed E-state index contributed by atoms with van der Waals surface area (Å²) in [5.41, 5.74) is 2.36. The van der Waals surface area contributed by atoms with Gasteiger partial charge in [-0.25, -0.2) is 4.79 Å². The van der Waals surface area contributed by atoms with Crippen LogP contribution in [-0.4, -0.2) is 36.9 Å². The summed E-state index contributed by atoms with van der Waals surface area (Å²) in [6.07, 6.45) is 3.49. The summed E-state index contributed by atoms with van der Waals surface area (Å²) in [6, 6.07) is 8.25. The van der Waals surface area contributed by atoms with Crippen molar-refractivity contribution in [1.29, 1.82) is 0 Å². The summed E-state index contributed by atoms with van der Waals surface area (Å²) in [6.45, 7) is 7.52. The van der Waals surface area contributed by atoms with Crippen LogP contribution >= 0.6 is 0 Å². The normalized spacial score (nSPS) is 16.7. The first-order chi connectivity index (χ1) is 11.6. The first kappa shape index (κ1) is 18.6. The van der Waals surface area contributed by atoms with Gasteiger partial charge in [0.1, 0.15) is 0 Å². The number of hydrogen-bond acceptors (Lipinski definition) is 3. The summed E-state index contributed by atoms with van der Waals surface area (Å²) >= 11 is 0. The molecule has 134 valence electrons. The van der Waals surface area contributed by atoms with E-state index in [0.29, 0.717) is 25.9 Å². The van der Waals surface area contributed by atoms with E-state index in [2.05, 4.69) is 46.7 Å². The van der Waals surface area contributed by atoms with Crippen molar-refractivity contribution in [2.75, 3.05) is 24.5 Å². The summed E-state index contributed by atoms with van der Waals surface area (Å²) < 4.78 is 0. The smallest absolute Gasteiger partial charge is 0.315 e. The molecule has 5 nitrogen and oxygen atoms in total. The number of amides is 2. The van der Waals surface area contributed by atoms with Crippen LogP contribution in [0.4, 0.5) is 10.5 Å². The molecule has 0 radical (unpaired) electrons. The number of nitrogens with one attached hydrogen (secondary N) is 2. The van der Waals surface area contributed by atoms with Gasteiger partial charge in [-0.2, -0.15) is 0 Å². The van der Waals surface area contributed by atoms with Crippen molar-refractivity contribution < 1.29 is 9.90 Å². The van der Waals surface area contributed by atoms with Gasteiger partial charge < -0.3 is 20.6 Å². The quantitative estimate of drug-likeness (QED) is 0.719. The van der Waals surface area contributed by atoms with Crippen LogP contribution in [0.25, 0.3) is 0 Å². The van der Waals surface area contributed by atoms with E-state index in [1.54, 1.807) is 0 Å². The lowest BCUT2D eigenvalue weighted by molar-refractivity contribution is 0.160. The number of nitrogens with zero attached hydrogens (tertiary/aromatic N) is 1. The van der Waals surface area contributed by atoms with Crippen LogP contribution in [0.1, 0.15) is 45.1 Å². The average Bonchev–Trinajstić information content (AvgIpc) is 2.61. The van der Waals surface area contributed by atoms with Gasteiger partial charge in [0, 0.05) is 31.9 Å². The van der Waals surface area contributed by atoms with Gasteiger partial charge in [-0.1, -0.05) is 26.0 Å². The number of urea groups is 1. The van der Waals surface area contributed by atoms with E-state index < -0.39 is 0 Å². The summed E-state index contributed by atoms with van der Waals surface area (Å²) in [7, 11) is 0. The average molecular weight is 333 g/mol. The predicted molar refractivity (Wildman–Crippen MR) is 98.2 cm³/mol. The zero-order valence-corrected chi connectivity index (χ0v) is 14.9. The lowest BCUT2D eigenvalue weighted by Crippen LogP contribution is -2.36. The highest BCUT2D eigenvalue weighted by Crippen LogP contribution is 2.23. The van der Waals surface area contributed by atoms with Gasteiger partial charge in [-0.05, 0) is 49.3 Å². The summed E-state index contributed by atoms with van der Waals surface area (Å²) in [4.78, 5) is 14.2. The Balaban J connectivity index is 1.70. The molecule has 1 unspecified atom stereocenters. The van der Waals surface area contributed by atoms with Crippen LogP contribution in [0.5, 0.6) is 0 Å². The molecule has 1 heterocycles. The number of aliphatic hydroxyl groups excluding tert-OH is 1. The number of carbonyl (C=O) groups excluding carboxylic acids is 1. The van der Waals surface area contributed by atoms with Crippen molar-refractivity contribution in [2.45, 2.75) is 52.2 Å². The second kappa shape index (κ2) is 9.52. The molecule has 2 amide bonds. The summed E-state index contributed by atoms with van der Waals surface area (Å²) in [5.74, 6) is 0.835. The molecule has 1 aromatic carbocycles. The maximum Gasteiger partial charge on any atom is 0.315 e. The molecular formula is C19H31N3O2. The van der Waals surface area contributed by atoms with E-state index in [9.17, 15) is 9.90 Å². The molecule has 5 heteroatoms. The fourth-order valence-corrected chi connectivity index (χ4v) is 2.89. The maximum absolute atomic E-state index is 11.7. The molecule has 1 atom stereocenters. The van der Waals surface area contributed by atoms with Crippen LogP contribution in [0.3, 0.4) is 0 Å². The van der Waals surface area contributed by atoms with Crippen molar-refractivity contribution in [3.63, 3.8) is 0 Å². The van der Waals surface area contributed by atoms with Crippen molar-refractivity contribution in [2.24, 2.45) is 5.92 Å². The van der Waals surface area contributed by atoms with Crippen LogP contribution in [0, 0.1) is 5.92 Å². The third-order valence-electron chi connectivity index (χ3n) is 4.77. The molecule has 1 aliphatic heterocycles. The molecule has 0 saturated carbocycles. The van der Waals surface area contributed by atoms with Crippen molar-refractivity contribution in [3.8, 4) is 0 Å². The van der Waals surface area contributed by atoms with Crippen LogP contribution in [-0.2, 0) is 6.54 Å². The highest BCUT2D eigenvalue weighted by molar-refractivity contribution is 5.73. The first-order valence-corrected chi connectivity index (χ1v) is 9.12. The molecule has 3 N–H and O–H groups in total. The van der Waals surface area contributed by atoms with Gasteiger partial charge >= 0.3 is 6.03 Å². The van der Waals surface area contributed by atoms with E-state index >= 15 is 0 Å². The number of rotatable bonds is 7. The molecular weight excluding hydrogens is 302 g/mol. The Morgan fingerprint density at radius 2 is 1.92 bits per heavy atom. The fraction of sp³-hybridized carbons (Fsp3) is 0.632. The van der Waals surface area contributed by atoms with Gasteiger partial charge in [-0.3, -0.25) is 0 Å². The largest absolute Gasteiger partial charge is 0.393 e. The SMILES string of the molecule is CCC(O)CCNC(=O)NCc1ccc(N2CCC(C)CC2)cc1. The molecule has 24 heavy (non-hydrogen) atoms. The Kier molecular flexibility index (Phi) is 7.37. The lowest BCUT2D eigenvalue weighted by atomic mass is 9.99. The monoisotopic (exact) mass is 333 g/mol. The van der Waals surface area contributed by atoms with Gasteiger partial charge in [0.2, 0.25) is 0 Å². The van der Waals surface area contributed by atoms with Gasteiger partial charge in [-0.15, -0.1) is 0 Å². The molecule has 0 spiro atoms. The predicted octanol–water partition coefficient (Wildman–Crippen LogP) is 2.88. The van der Waals surface area contributed by atoms with Gasteiger partial charge in [0.25, 0.3) is 0 Å². The van der Waals surface area contributed by atoms with Gasteiger partial charge in [0.15, 0.2) is 0 Å². The summed E-state index contributed by atoms with van der Waals surface area (Å²) in [5, 5.41) is 15.1. The van der Waals surface area contributed by atoms with E-state index in [1.165, 1.54) is 18.5 Å². The Morgan fingerprint density at radius 3 is 2.54 bits per heavy atom. The number of anilines is 1. The minimum absolute atomic E-state index is 0.188. The highest BCUT2D eigenvalue weighted by atomic mass is 16.3. The minimum Gasteiger partial charge on any atom is -0.393 e. The van der Waals surface area contributed by atoms with E-state index in [-0.39, 0.29) is 12.1 Å². The molecule has 0 aliphatic carbocycles. The molecule has 2 rings (SSSR count). The third kappa shape index (κ3) is 6.04. The minimum atomic E-state index is -0.337. The third-order valence-corrected chi connectivity index (χ3v) is 4.77. The Labute approximate surface area is 145 Å².